The van der Waals surface area contributed by atoms with Crippen molar-refractivity contribution in [2.24, 2.45) is 0 Å². The smallest absolute Gasteiger partial charge is 0.315 e. The molecular formula is C18H20N2O2S. The second kappa shape index (κ2) is 7.53. The number of benzene rings is 2. The Kier molecular flexibility index (Phi) is 5.20. The lowest BCUT2D eigenvalue weighted by Gasteiger charge is -2.27. The van der Waals surface area contributed by atoms with Crippen molar-refractivity contribution in [3.63, 3.8) is 0 Å². The summed E-state index contributed by atoms with van der Waals surface area (Å²) < 4.78 is 0. The lowest BCUT2D eigenvalue weighted by molar-refractivity contribution is 0.213. The van der Waals surface area contributed by atoms with Gasteiger partial charge in [0, 0.05) is 10.6 Å². The molecule has 3 N–H and O–H groups in total. The predicted molar refractivity (Wildman–Crippen MR) is 92.5 cm³/mol. The fraction of sp³-hybridized carbons (Fsp3) is 0.278. The molecule has 23 heavy (non-hydrogen) atoms. The maximum atomic E-state index is 12.3. The third-order valence-electron chi connectivity index (χ3n) is 3.95. The van der Waals surface area contributed by atoms with Crippen molar-refractivity contribution in [1.29, 1.82) is 0 Å². The Balaban J connectivity index is 1.66. The average Bonchev–Trinajstić information content (AvgIpc) is 2.61. The standard InChI is InChI=1S/C18H20N2O2S/c21-12-16(13-6-2-1-3-7-13)20-18(22)19-15-10-11-23-17-9-5-4-8-14(15)17/h1-9,15-16,21H,10-12H2,(H2,19,20,22). The van der Waals surface area contributed by atoms with E-state index in [0.717, 1.165) is 17.7 Å². The normalized spacial score (nSPS) is 17.9. The van der Waals surface area contributed by atoms with Crippen LogP contribution in [0, 0.1) is 0 Å². The minimum absolute atomic E-state index is 0.0163. The number of carbonyl (C=O) groups excluding carboxylic acids is 1. The molecule has 4 nitrogen and oxygen atoms in total. The summed E-state index contributed by atoms with van der Waals surface area (Å²) in [4.78, 5) is 13.6. The van der Waals surface area contributed by atoms with Crippen LogP contribution < -0.4 is 10.6 Å². The first-order valence-electron chi connectivity index (χ1n) is 7.72. The second-order valence-electron chi connectivity index (χ2n) is 5.49. The largest absolute Gasteiger partial charge is 0.394 e. The van der Waals surface area contributed by atoms with Gasteiger partial charge in [0.1, 0.15) is 0 Å². The molecule has 2 aromatic rings. The van der Waals surface area contributed by atoms with Gasteiger partial charge in [-0.15, -0.1) is 11.8 Å². The number of hydrogen-bond acceptors (Lipinski definition) is 3. The number of carbonyl (C=O) groups is 1. The summed E-state index contributed by atoms with van der Waals surface area (Å²) in [7, 11) is 0. The van der Waals surface area contributed by atoms with Crippen LogP contribution in [0.25, 0.3) is 0 Å². The molecule has 0 aliphatic carbocycles. The predicted octanol–water partition coefficient (Wildman–Crippen LogP) is 3.26. The van der Waals surface area contributed by atoms with Crippen LogP contribution in [-0.2, 0) is 0 Å². The number of urea groups is 1. The SMILES string of the molecule is O=C(NC(CO)c1ccccc1)NC1CCSc2ccccc21. The molecule has 0 bridgehead atoms. The number of thioether (sulfide) groups is 1. The molecule has 5 heteroatoms. The van der Waals surface area contributed by atoms with Crippen LogP contribution in [0.3, 0.4) is 0 Å². The zero-order valence-corrected chi connectivity index (χ0v) is 13.6. The van der Waals surface area contributed by atoms with E-state index in [-0.39, 0.29) is 18.7 Å². The number of nitrogens with one attached hydrogen (secondary N) is 2. The summed E-state index contributed by atoms with van der Waals surface area (Å²) in [6, 6.07) is 17.0. The summed E-state index contributed by atoms with van der Waals surface area (Å²) in [6.07, 6.45) is 0.907. The second-order valence-corrected chi connectivity index (χ2v) is 6.63. The van der Waals surface area contributed by atoms with Crippen molar-refractivity contribution in [3.05, 3.63) is 65.7 Å². The molecule has 1 aliphatic heterocycles. The maximum Gasteiger partial charge on any atom is 0.315 e. The average molecular weight is 328 g/mol. The molecule has 0 fully saturated rings. The Morgan fingerprint density at radius 1 is 1.17 bits per heavy atom. The first kappa shape index (κ1) is 15.9. The summed E-state index contributed by atoms with van der Waals surface area (Å²) in [5.74, 6) is 0.990. The number of rotatable bonds is 4. The third-order valence-corrected chi connectivity index (χ3v) is 5.08. The van der Waals surface area contributed by atoms with Crippen molar-refractivity contribution in [2.75, 3.05) is 12.4 Å². The van der Waals surface area contributed by atoms with Gasteiger partial charge >= 0.3 is 6.03 Å². The lowest BCUT2D eigenvalue weighted by Crippen LogP contribution is -2.41. The molecule has 2 amide bonds. The quantitative estimate of drug-likeness (QED) is 0.807. The van der Waals surface area contributed by atoms with E-state index in [4.69, 9.17) is 0 Å². The van der Waals surface area contributed by atoms with Gasteiger partial charge in [0.25, 0.3) is 0 Å². The van der Waals surface area contributed by atoms with E-state index in [1.165, 1.54) is 10.5 Å². The number of fused-ring (bicyclic) bond motifs is 1. The van der Waals surface area contributed by atoms with E-state index < -0.39 is 6.04 Å². The number of amides is 2. The highest BCUT2D eigenvalue weighted by atomic mass is 32.2. The Morgan fingerprint density at radius 3 is 2.70 bits per heavy atom. The van der Waals surface area contributed by atoms with Crippen molar-refractivity contribution in [1.82, 2.24) is 10.6 Å². The van der Waals surface area contributed by atoms with Crippen molar-refractivity contribution < 1.29 is 9.90 Å². The van der Waals surface area contributed by atoms with Crippen LogP contribution in [0.5, 0.6) is 0 Å². The topological polar surface area (TPSA) is 61.4 Å². The molecule has 2 unspecified atom stereocenters. The van der Waals surface area contributed by atoms with Crippen LogP contribution in [0.4, 0.5) is 4.79 Å². The van der Waals surface area contributed by atoms with Gasteiger partial charge < -0.3 is 15.7 Å². The van der Waals surface area contributed by atoms with Gasteiger partial charge in [0.2, 0.25) is 0 Å². The summed E-state index contributed by atoms with van der Waals surface area (Å²) in [6.45, 7) is -0.130. The fourth-order valence-electron chi connectivity index (χ4n) is 2.77. The van der Waals surface area contributed by atoms with Crippen molar-refractivity contribution in [2.45, 2.75) is 23.4 Å². The van der Waals surface area contributed by atoms with E-state index in [2.05, 4.69) is 22.8 Å². The molecule has 120 valence electrons. The van der Waals surface area contributed by atoms with Crippen molar-refractivity contribution >= 4 is 17.8 Å². The zero-order valence-electron chi connectivity index (χ0n) is 12.7. The van der Waals surface area contributed by atoms with Gasteiger partial charge in [-0.1, -0.05) is 48.5 Å². The highest BCUT2D eigenvalue weighted by Crippen LogP contribution is 2.35. The minimum Gasteiger partial charge on any atom is -0.394 e. The Bertz CT molecular complexity index is 663. The van der Waals surface area contributed by atoms with Crippen molar-refractivity contribution in [3.8, 4) is 0 Å². The Hall–Kier alpha value is -1.98. The number of aliphatic hydroxyl groups is 1. The highest BCUT2D eigenvalue weighted by molar-refractivity contribution is 7.99. The van der Waals surface area contributed by atoms with Crippen LogP contribution in [-0.4, -0.2) is 23.5 Å². The summed E-state index contributed by atoms with van der Waals surface area (Å²) in [5.41, 5.74) is 2.06. The van der Waals surface area contributed by atoms with E-state index in [1.807, 2.05) is 54.2 Å². The molecule has 1 heterocycles. The molecule has 0 aromatic heterocycles. The molecule has 0 saturated heterocycles. The highest BCUT2D eigenvalue weighted by Gasteiger charge is 2.23. The van der Waals surface area contributed by atoms with Crippen LogP contribution in [0.1, 0.15) is 29.6 Å². The van der Waals surface area contributed by atoms with Gasteiger partial charge in [-0.05, 0) is 23.6 Å². The Morgan fingerprint density at radius 2 is 1.91 bits per heavy atom. The van der Waals surface area contributed by atoms with Gasteiger partial charge in [-0.25, -0.2) is 4.79 Å². The van der Waals surface area contributed by atoms with Gasteiger partial charge in [-0.3, -0.25) is 0 Å². The lowest BCUT2D eigenvalue weighted by atomic mass is 10.0. The molecular weight excluding hydrogens is 308 g/mol. The molecule has 3 rings (SSSR count). The van der Waals surface area contributed by atoms with Gasteiger partial charge in [-0.2, -0.15) is 0 Å². The maximum absolute atomic E-state index is 12.3. The third kappa shape index (κ3) is 3.86. The van der Waals surface area contributed by atoms with Crippen LogP contribution >= 0.6 is 11.8 Å². The molecule has 0 radical (unpaired) electrons. The van der Waals surface area contributed by atoms with Crippen LogP contribution in [0.2, 0.25) is 0 Å². The molecule has 2 atom stereocenters. The molecule has 2 aromatic carbocycles. The first-order valence-corrected chi connectivity index (χ1v) is 8.71. The number of aliphatic hydroxyl groups excluding tert-OH is 1. The minimum atomic E-state index is -0.399. The fourth-order valence-corrected chi connectivity index (χ4v) is 3.90. The monoisotopic (exact) mass is 328 g/mol. The van der Waals surface area contributed by atoms with E-state index >= 15 is 0 Å². The van der Waals surface area contributed by atoms with Gasteiger partial charge in [0.05, 0.1) is 18.7 Å². The summed E-state index contributed by atoms with van der Waals surface area (Å²) in [5, 5.41) is 15.4. The first-order chi connectivity index (χ1) is 11.3. The molecule has 1 aliphatic rings. The van der Waals surface area contributed by atoms with E-state index in [9.17, 15) is 9.90 Å². The van der Waals surface area contributed by atoms with E-state index in [0.29, 0.717) is 0 Å². The Labute approximate surface area is 140 Å². The van der Waals surface area contributed by atoms with E-state index in [1.54, 1.807) is 0 Å². The summed E-state index contributed by atoms with van der Waals surface area (Å²) >= 11 is 1.82. The molecule has 0 spiro atoms. The molecule has 0 saturated carbocycles. The zero-order chi connectivity index (χ0) is 16.1. The van der Waals surface area contributed by atoms with Crippen LogP contribution in [0.15, 0.2) is 59.5 Å². The van der Waals surface area contributed by atoms with Gasteiger partial charge in [0.15, 0.2) is 0 Å². The number of hydrogen-bond donors (Lipinski definition) is 3.